The van der Waals surface area contributed by atoms with E-state index in [2.05, 4.69) is 25.9 Å². The van der Waals surface area contributed by atoms with E-state index in [1.54, 1.807) is 18.2 Å². The molecule has 1 aromatic heterocycles. The number of aromatic nitrogens is 4. The van der Waals surface area contributed by atoms with Gasteiger partial charge >= 0.3 is 0 Å². The molecule has 0 atom stereocenters. The minimum Gasteiger partial charge on any atom is -0.345 e. The van der Waals surface area contributed by atoms with Gasteiger partial charge in [0.2, 0.25) is 5.91 Å². The predicted molar refractivity (Wildman–Crippen MR) is 68.2 cm³/mol. The van der Waals surface area contributed by atoms with Gasteiger partial charge in [-0.25, -0.2) is 0 Å². The fraction of sp³-hybridized carbons (Fsp3) is 0.0909. The summed E-state index contributed by atoms with van der Waals surface area (Å²) in [7, 11) is 0. The van der Waals surface area contributed by atoms with E-state index in [1.807, 2.05) is 0 Å². The summed E-state index contributed by atoms with van der Waals surface area (Å²) >= 11 is 0. The van der Waals surface area contributed by atoms with Crippen LogP contribution in [0, 0.1) is 10.1 Å². The number of non-ortho nitro benzene ring substituents is 1. The van der Waals surface area contributed by atoms with Crippen LogP contribution in [0.2, 0.25) is 0 Å². The number of carbonyl (C=O) groups is 1. The number of nitro groups is 1. The van der Waals surface area contributed by atoms with E-state index in [1.165, 1.54) is 18.2 Å². The Balaban J connectivity index is 1.88. The molecule has 2 rings (SSSR count). The van der Waals surface area contributed by atoms with Gasteiger partial charge in [-0.2, -0.15) is 5.21 Å². The average Bonchev–Trinajstić information content (AvgIpc) is 2.96. The topological polar surface area (TPSA) is 127 Å². The number of amides is 1. The van der Waals surface area contributed by atoms with Gasteiger partial charge in [-0.3, -0.25) is 14.9 Å². The Hall–Kier alpha value is -3.10. The van der Waals surface area contributed by atoms with E-state index in [9.17, 15) is 14.9 Å². The van der Waals surface area contributed by atoms with Gasteiger partial charge in [-0.15, -0.1) is 10.2 Å². The van der Waals surface area contributed by atoms with Crippen molar-refractivity contribution in [3.8, 4) is 0 Å². The van der Waals surface area contributed by atoms with E-state index in [0.717, 1.165) is 0 Å². The van der Waals surface area contributed by atoms with E-state index in [0.29, 0.717) is 11.4 Å². The van der Waals surface area contributed by atoms with Crippen LogP contribution in [0.4, 0.5) is 5.69 Å². The molecule has 9 nitrogen and oxygen atoms in total. The summed E-state index contributed by atoms with van der Waals surface area (Å²) < 4.78 is 0. The molecule has 0 spiro atoms. The summed E-state index contributed by atoms with van der Waals surface area (Å²) in [5.74, 6) is 0.0511. The first-order chi connectivity index (χ1) is 9.65. The molecule has 1 aromatic carbocycles. The normalized spacial score (nSPS) is 10.6. The summed E-state index contributed by atoms with van der Waals surface area (Å²) in [5.41, 5.74) is 0.689. The van der Waals surface area contributed by atoms with Crippen LogP contribution >= 0.6 is 0 Å². The lowest BCUT2D eigenvalue weighted by Crippen LogP contribution is -2.20. The number of nitrogens with zero attached hydrogens (tertiary/aromatic N) is 4. The number of rotatable bonds is 5. The number of tetrazole rings is 1. The maximum atomic E-state index is 11.5. The zero-order valence-electron chi connectivity index (χ0n) is 10.2. The number of H-pyrrole nitrogens is 1. The van der Waals surface area contributed by atoms with Crippen molar-refractivity contribution in [3.05, 3.63) is 51.8 Å². The lowest BCUT2D eigenvalue weighted by Gasteiger charge is -1.97. The highest BCUT2D eigenvalue weighted by Crippen LogP contribution is 2.12. The Morgan fingerprint density at radius 3 is 2.75 bits per heavy atom. The Morgan fingerprint density at radius 2 is 2.15 bits per heavy atom. The van der Waals surface area contributed by atoms with Crippen molar-refractivity contribution in [2.45, 2.75) is 6.54 Å². The number of carbonyl (C=O) groups excluding carboxylic acids is 1. The van der Waals surface area contributed by atoms with Crippen LogP contribution in [0.15, 0.2) is 30.3 Å². The Kier molecular flexibility index (Phi) is 4.12. The van der Waals surface area contributed by atoms with Gasteiger partial charge in [0.25, 0.3) is 5.69 Å². The van der Waals surface area contributed by atoms with Gasteiger partial charge in [0.15, 0.2) is 5.82 Å². The van der Waals surface area contributed by atoms with Crippen LogP contribution in [0.25, 0.3) is 6.08 Å². The standard InChI is InChI=1S/C11H10N6O3/c18-11(12-7-10-13-15-16-14-10)6-3-8-1-4-9(5-2-8)17(19)20/h1-6H,7H2,(H,12,18)(H,13,14,15,16). The second kappa shape index (κ2) is 6.18. The molecule has 0 bridgehead atoms. The van der Waals surface area contributed by atoms with Crippen LogP contribution in [-0.2, 0) is 11.3 Å². The van der Waals surface area contributed by atoms with Crippen molar-refractivity contribution in [2.24, 2.45) is 0 Å². The molecule has 20 heavy (non-hydrogen) atoms. The van der Waals surface area contributed by atoms with Gasteiger partial charge in [-0.05, 0) is 23.8 Å². The Morgan fingerprint density at radius 1 is 1.40 bits per heavy atom. The van der Waals surface area contributed by atoms with Crippen molar-refractivity contribution in [2.75, 3.05) is 0 Å². The van der Waals surface area contributed by atoms with E-state index in [-0.39, 0.29) is 18.1 Å². The smallest absolute Gasteiger partial charge is 0.269 e. The summed E-state index contributed by atoms with van der Waals surface area (Å²) in [5, 5.41) is 26.0. The molecule has 0 saturated carbocycles. The van der Waals surface area contributed by atoms with Gasteiger partial charge in [-0.1, -0.05) is 5.21 Å². The summed E-state index contributed by atoms with van der Waals surface area (Å²) in [4.78, 5) is 21.5. The minimum absolute atomic E-state index is 0.00343. The molecule has 0 aliphatic carbocycles. The fourth-order valence-corrected chi connectivity index (χ4v) is 1.36. The molecule has 0 unspecified atom stereocenters. The van der Waals surface area contributed by atoms with Crippen molar-refractivity contribution < 1.29 is 9.72 Å². The summed E-state index contributed by atoms with van der Waals surface area (Å²) in [6, 6.07) is 5.86. The van der Waals surface area contributed by atoms with E-state index < -0.39 is 4.92 Å². The maximum Gasteiger partial charge on any atom is 0.269 e. The van der Waals surface area contributed by atoms with E-state index >= 15 is 0 Å². The van der Waals surface area contributed by atoms with Gasteiger partial charge in [0.1, 0.15) is 0 Å². The largest absolute Gasteiger partial charge is 0.345 e. The second-order valence-electron chi connectivity index (χ2n) is 3.73. The highest BCUT2D eigenvalue weighted by atomic mass is 16.6. The number of hydrogen-bond donors (Lipinski definition) is 2. The SMILES string of the molecule is O=C(C=Cc1ccc([N+](=O)[O-])cc1)NCc1nn[nH]n1. The molecule has 0 saturated heterocycles. The molecule has 2 N–H and O–H groups in total. The predicted octanol–water partition coefficient (Wildman–Crippen LogP) is 0.437. The minimum atomic E-state index is -0.481. The van der Waals surface area contributed by atoms with Crippen LogP contribution in [0.3, 0.4) is 0 Å². The second-order valence-corrected chi connectivity index (χ2v) is 3.73. The van der Waals surface area contributed by atoms with Crippen molar-refractivity contribution in [1.29, 1.82) is 0 Å². The zero-order valence-corrected chi connectivity index (χ0v) is 10.2. The molecule has 0 aliphatic heterocycles. The van der Waals surface area contributed by atoms with Crippen LogP contribution < -0.4 is 5.32 Å². The zero-order chi connectivity index (χ0) is 14.4. The van der Waals surface area contributed by atoms with Crippen LogP contribution in [-0.4, -0.2) is 31.5 Å². The highest BCUT2D eigenvalue weighted by Gasteiger charge is 2.03. The fourth-order valence-electron chi connectivity index (χ4n) is 1.36. The first-order valence-electron chi connectivity index (χ1n) is 5.58. The van der Waals surface area contributed by atoms with Gasteiger partial charge in [0.05, 0.1) is 11.5 Å². The van der Waals surface area contributed by atoms with Crippen LogP contribution in [0.1, 0.15) is 11.4 Å². The first-order valence-corrected chi connectivity index (χ1v) is 5.58. The van der Waals surface area contributed by atoms with Crippen molar-refractivity contribution >= 4 is 17.7 Å². The summed E-state index contributed by atoms with van der Waals surface area (Å²) in [6.45, 7) is 0.167. The molecule has 1 amide bonds. The quantitative estimate of drug-likeness (QED) is 0.462. The number of hydrogen-bond acceptors (Lipinski definition) is 6. The van der Waals surface area contributed by atoms with Gasteiger partial charge in [0, 0.05) is 18.2 Å². The summed E-state index contributed by atoms with van der Waals surface area (Å²) in [6.07, 6.45) is 2.87. The number of aromatic amines is 1. The Labute approximate surface area is 112 Å². The highest BCUT2D eigenvalue weighted by molar-refractivity contribution is 5.91. The van der Waals surface area contributed by atoms with Crippen LogP contribution in [0.5, 0.6) is 0 Å². The lowest BCUT2D eigenvalue weighted by atomic mass is 10.2. The molecule has 0 fully saturated rings. The number of nitro benzene ring substituents is 1. The number of benzene rings is 1. The molecule has 0 aliphatic rings. The molecular weight excluding hydrogens is 264 g/mol. The molecule has 0 radical (unpaired) electrons. The lowest BCUT2D eigenvalue weighted by molar-refractivity contribution is -0.384. The molecule has 102 valence electrons. The monoisotopic (exact) mass is 274 g/mol. The maximum absolute atomic E-state index is 11.5. The van der Waals surface area contributed by atoms with Crippen molar-refractivity contribution in [3.63, 3.8) is 0 Å². The molecule has 2 aromatic rings. The third-order valence-corrected chi connectivity index (χ3v) is 2.34. The third kappa shape index (κ3) is 3.70. The van der Waals surface area contributed by atoms with E-state index in [4.69, 9.17) is 0 Å². The molecular formula is C11H10N6O3. The van der Waals surface area contributed by atoms with Crippen molar-refractivity contribution in [1.82, 2.24) is 25.9 Å². The van der Waals surface area contributed by atoms with Gasteiger partial charge < -0.3 is 5.32 Å². The third-order valence-electron chi connectivity index (χ3n) is 2.34. The number of nitrogens with one attached hydrogen (secondary N) is 2. The molecule has 1 heterocycles. The first kappa shape index (κ1) is 13.3. The Bertz CT molecular complexity index is 620. The molecule has 9 heteroatoms. The average molecular weight is 274 g/mol.